The molecule has 0 spiro atoms. The van der Waals surface area contributed by atoms with Crippen LogP contribution >= 0.6 is 11.6 Å². The third-order valence-corrected chi connectivity index (χ3v) is 5.37. The van der Waals surface area contributed by atoms with Gasteiger partial charge < -0.3 is 19.7 Å². The minimum Gasteiger partial charge on any atom is -0.497 e. The first-order chi connectivity index (χ1) is 16.0. The number of para-hydroxylation sites is 1. The van der Waals surface area contributed by atoms with Gasteiger partial charge in [-0.1, -0.05) is 41.9 Å². The highest BCUT2D eigenvalue weighted by molar-refractivity contribution is 6.32. The van der Waals surface area contributed by atoms with Crippen LogP contribution in [0.5, 0.6) is 11.5 Å². The van der Waals surface area contributed by atoms with E-state index in [-0.39, 0.29) is 25.0 Å². The molecule has 1 atom stereocenters. The summed E-state index contributed by atoms with van der Waals surface area (Å²) in [5.74, 6) is 0.500. The van der Waals surface area contributed by atoms with Crippen molar-refractivity contribution in [3.8, 4) is 11.5 Å². The van der Waals surface area contributed by atoms with Crippen molar-refractivity contribution in [2.75, 3.05) is 13.7 Å². The Kier molecular flexibility index (Phi) is 8.66. The second-order valence-electron chi connectivity index (χ2n) is 7.34. The molecule has 0 saturated carbocycles. The third kappa shape index (κ3) is 6.95. The van der Waals surface area contributed by atoms with Crippen LogP contribution in [0.25, 0.3) is 0 Å². The van der Waals surface area contributed by atoms with Gasteiger partial charge in [0.2, 0.25) is 5.91 Å². The summed E-state index contributed by atoms with van der Waals surface area (Å²) in [6.45, 7) is 1.99. The van der Waals surface area contributed by atoms with Crippen molar-refractivity contribution in [3.63, 3.8) is 0 Å². The highest BCUT2D eigenvalue weighted by Crippen LogP contribution is 2.23. The van der Waals surface area contributed by atoms with E-state index >= 15 is 0 Å². The van der Waals surface area contributed by atoms with Crippen molar-refractivity contribution >= 4 is 23.4 Å². The lowest BCUT2D eigenvalue weighted by Gasteiger charge is -2.29. The van der Waals surface area contributed by atoms with Crippen LogP contribution in [0.4, 0.5) is 0 Å². The summed E-state index contributed by atoms with van der Waals surface area (Å²) in [4.78, 5) is 31.5. The number of hydrogen-bond donors (Lipinski definition) is 1. The Hall–Kier alpha value is -3.58. The molecular formula is C25H26ClN3O4. The van der Waals surface area contributed by atoms with Gasteiger partial charge in [-0.15, -0.1) is 0 Å². The minimum absolute atomic E-state index is 0.232. The van der Waals surface area contributed by atoms with E-state index in [2.05, 4.69) is 10.3 Å². The molecule has 0 aliphatic carbocycles. The van der Waals surface area contributed by atoms with Gasteiger partial charge in [0.25, 0.3) is 5.91 Å². The molecule has 1 heterocycles. The molecule has 2 amide bonds. The maximum Gasteiger partial charge on any atom is 0.261 e. The van der Waals surface area contributed by atoms with E-state index in [1.54, 1.807) is 56.8 Å². The van der Waals surface area contributed by atoms with Crippen molar-refractivity contribution in [2.24, 2.45) is 0 Å². The fourth-order valence-corrected chi connectivity index (χ4v) is 3.32. The maximum absolute atomic E-state index is 13.1. The van der Waals surface area contributed by atoms with Crippen molar-refractivity contribution in [1.29, 1.82) is 0 Å². The van der Waals surface area contributed by atoms with Gasteiger partial charge in [-0.3, -0.25) is 14.6 Å². The van der Waals surface area contributed by atoms with Gasteiger partial charge in [0, 0.05) is 25.5 Å². The van der Waals surface area contributed by atoms with E-state index in [0.717, 1.165) is 11.1 Å². The number of ether oxygens (including phenoxy) is 2. The molecule has 172 valence electrons. The molecule has 0 aliphatic heterocycles. The van der Waals surface area contributed by atoms with Gasteiger partial charge in [-0.2, -0.15) is 0 Å². The number of pyridine rings is 1. The quantitative estimate of drug-likeness (QED) is 0.489. The molecule has 0 unspecified atom stereocenters. The molecule has 33 heavy (non-hydrogen) atoms. The van der Waals surface area contributed by atoms with Crippen LogP contribution in [0.3, 0.4) is 0 Å². The zero-order valence-electron chi connectivity index (χ0n) is 18.5. The van der Waals surface area contributed by atoms with E-state index < -0.39 is 6.04 Å². The van der Waals surface area contributed by atoms with Crippen LogP contribution in [0.15, 0.2) is 73.1 Å². The molecule has 7 nitrogen and oxygen atoms in total. The van der Waals surface area contributed by atoms with Crippen LogP contribution < -0.4 is 14.8 Å². The maximum atomic E-state index is 13.1. The number of amides is 2. The summed E-state index contributed by atoms with van der Waals surface area (Å²) in [5, 5.41) is 3.28. The first-order valence-corrected chi connectivity index (χ1v) is 10.8. The topological polar surface area (TPSA) is 80.8 Å². The zero-order chi connectivity index (χ0) is 23.6. The van der Waals surface area contributed by atoms with Crippen molar-refractivity contribution in [2.45, 2.75) is 26.1 Å². The predicted octanol–water partition coefficient (Wildman–Crippen LogP) is 3.86. The Morgan fingerprint density at radius 1 is 1.06 bits per heavy atom. The van der Waals surface area contributed by atoms with Gasteiger partial charge in [-0.25, -0.2) is 0 Å². The Morgan fingerprint density at radius 2 is 1.82 bits per heavy atom. The highest BCUT2D eigenvalue weighted by atomic mass is 35.5. The zero-order valence-corrected chi connectivity index (χ0v) is 19.3. The molecule has 0 fully saturated rings. The SMILES string of the molecule is COc1ccc(CN(C(=O)COc2ccccc2Cl)[C@@H](C)C(=O)NCc2cccnc2)cc1. The van der Waals surface area contributed by atoms with Crippen molar-refractivity contribution in [3.05, 3.63) is 89.2 Å². The fraction of sp³-hybridized carbons (Fsp3) is 0.240. The molecule has 0 bridgehead atoms. The third-order valence-electron chi connectivity index (χ3n) is 5.06. The van der Waals surface area contributed by atoms with Crippen LogP contribution in [0.1, 0.15) is 18.1 Å². The van der Waals surface area contributed by atoms with E-state index in [0.29, 0.717) is 23.1 Å². The Bertz CT molecular complexity index is 1060. The number of carbonyl (C=O) groups is 2. The second-order valence-corrected chi connectivity index (χ2v) is 7.75. The van der Waals surface area contributed by atoms with Gasteiger partial charge in [-0.05, 0) is 48.4 Å². The summed E-state index contributed by atoms with van der Waals surface area (Å²) in [7, 11) is 1.59. The molecule has 0 aliphatic rings. The van der Waals surface area contributed by atoms with Gasteiger partial charge >= 0.3 is 0 Å². The lowest BCUT2D eigenvalue weighted by Crippen LogP contribution is -2.48. The van der Waals surface area contributed by atoms with Crippen LogP contribution in [0, 0.1) is 0 Å². The largest absolute Gasteiger partial charge is 0.497 e. The lowest BCUT2D eigenvalue weighted by atomic mass is 10.1. The van der Waals surface area contributed by atoms with Gasteiger partial charge in [0.1, 0.15) is 17.5 Å². The lowest BCUT2D eigenvalue weighted by molar-refractivity contribution is -0.142. The fourth-order valence-electron chi connectivity index (χ4n) is 3.13. The number of carbonyl (C=O) groups excluding carboxylic acids is 2. The number of rotatable bonds is 10. The standard InChI is InChI=1S/C25H26ClN3O4/c1-18(25(31)28-15-20-6-5-13-27-14-20)29(16-19-9-11-21(32-2)12-10-19)24(30)17-33-23-8-4-3-7-22(23)26/h3-14,18H,15-17H2,1-2H3,(H,28,31)/t18-/m0/s1. The molecule has 2 aromatic carbocycles. The first-order valence-electron chi connectivity index (χ1n) is 10.4. The molecule has 3 rings (SSSR count). The predicted molar refractivity (Wildman–Crippen MR) is 126 cm³/mol. The molecule has 0 radical (unpaired) electrons. The molecule has 0 saturated heterocycles. The van der Waals surface area contributed by atoms with Gasteiger partial charge in [0.05, 0.1) is 12.1 Å². The average Bonchev–Trinajstić information content (AvgIpc) is 2.85. The number of nitrogens with zero attached hydrogens (tertiary/aromatic N) is 2. The summed E-state index contributed by atoms with van der Waals surface area (Å²) in [5.41, 5.74) is 1.72. The highest BCUT2D eigenvalue weighted by Gasteiger charge is 2.26. The van der Waals surface area contributed by atoms with Crippen LogP contribution in [-0.4, -0.2) is 41.5 Å². The monoisotopic (exact) mass is 467 g/mol. The van der Waals surface area contributed by atoms with E-state index in [4.69, 9.17) is 21.1 Å². The average molecular weight is 468 g/mol. The molecule has 1 aromatic heterocycles. The molecule has 1 N–H and O–H groups in total. The van der Waals surface area contributed by atoms with Crippen molar-refractivity contribution < 1.29 is 19.1 Å². The number of methoxy groups -OCH3 is 1. The Balaban J connectivity index is 1.71. The summed E-state index contributed by atoms with van der Waals surface area (Å²) < 4.78 is 10.8. The Labute approximate surface area is 198 Å². The second kappa shape index (κ2) is 11.9. The number of halogens is 1. The van der Waals surface area contributed by atoms with E-state index in [9.17, 15) is 9.59 Å². The van der Waals surface area contributed by atoms with Crippen LogP contribution in [-0.2, 0) is 22.7 Å². The molecule has 8 heteroatoms. The molecule has 3 aromatic rings. The number of hydrogen-bond acceptors (Lipinski definition) is 5. The number of nitrogens with one attached hydrogen (secondary N) is 1. The number of benzene rings is 2. The van der Waals surface area contributed by atoms with E-state index in [1.165, 1.54) is 4.90 Å². The number of aromatic nitrogens is 1. The first kappa shape index (κ1) is 24.1. The summed E-state index contributed by atoms with van der Waals surface area (Å²) >= 11 is 6.13. The Morgan fingerprint density at radius 3 is 2.48 bits per heavy atom. The normalized spacial score (nSPS) is 11.4. The van der Waals surface area contributed by atoms with Crippen molar-refractivity contribution in [1.82, 2.24) is 15.2 Å². The smallest absolute Gasteiger partial charge is 0.261 e. The summed E-state index contributed by atoms with van der Waals surface area (Å²) in [6, 6.07) is 17.2. The minimum atomic E-state index is -0.730. The molecular weight excluding hydrogens is 442 g/mol. The van der Waals surface area contributed by atoms with Gasteiger partial charge in [0.15, 0.2) is 6.61 Å². The van der Waals surface area contributed by atoms with Crippen LogP contribution in [0.2, 0.25) is 5.02 Å². The summed E-state index contributed by atoms with van der Waals surface area (Å²) in [6.07, 6.45) is 3.35. The van der Waals surface area contributed by atoms with E-state index in [1.807, 2.05) is 30.3 Å².